The lowest BCUT2D eigenvalue weighted by molar-refractivity contribution is -0.137. The first kappa shape index (κ1) is 13.6. The molecule has 0 bridgehead atoms. The Morgan fingerprint density at radius 1 is 1.00 bits per heavy atom. The predicted octanol–water partition coefficient (Wildman–Crippen LogP) is 4.05. The van der Waals surface area contributed by atoms with E-state index < -0.39 is 11.7 Å². The molecule has 1 aliphatic heterocycles. The van der Waals surface area contributed by atoms with Gasteiger partial charge in [0, 0.05) is 17.8 Å². The second-order valence-corrected chi connectivity index (χ2v) is 4.58. The Bertz CT molecular complexity index is 638. The molecule has 110 valence electrons. The number of fused-ring (bicyclic) bond motifs is 1. The van der Waals surface area contributed by atoms with Crippen LogP contribution in [0.2, 0.25) is 0 Å². The number of anilines is 1. The summed E-state index contributed by atoms with van der Waals surface area (Å²) in [6.07, 6.45) is -4.32. The normalized spacial score (nSPS) is 13.3. The molecule has 3 nitrogen and oxygen atoms in total. The zero-order valence-electron chi connectivity index (χ0n) is 10.9. The zero-order chi connectivity index (χ0) is 14.9. The van der Waals surface area contributed by atoms with Gasteiger partial charge in [0.15, 0.2) is 11.5 Å². The van der Waals surface area contributed by atoms with E-state index in [1.807, 2.05) is 18.2 Å². The molecule has 0 radical (unpaired) electrons. The van der Waals surface area contributed by atoms with Crippen LogP contribution < -0.4 is 14.8 Å². The van der Waals surface area contributed by atoms with Gasteiger partial charge in [0.2, 0.25) is 6.79 Å². The highest BCUT2D eigenvalue weighted by Crippen LogP contribution is 2.35. The van der Waals surface area contributed by atoms with E-state index in [1.165, 1.54) is 12.1 Å². The molecule has 0 atom stereocenters. The number of benzene rings is 2. The first-order valence-corrected chi connectivity index (χ1v) is 6.33. The van der Waals surface area contributed by atoms with Crippen LogP contribution in [-0.4, -0.2) is 6.79 Å². The van der Waals surface area contributed by atoms with Crippen molar-refractivity contribution < 1.29 is 22.6 Å². The van der Waals surface area contributed by atoms with Crippen molar-refractivity contribution in [2.24, 2.45) is 0 Å². The fourth-order valence-corrected chi connectivity index (χ4v) is 2.10. The van der Waals surface area contributed by atoms with E-state index in [1.54, 1.807) is 0 Å². The van der Waals surface area contributed by atoms with Crippen LogP contribution in [0, 0.1) is 0 Å². The quantitative estimate of drug-likeness (QED) is 0.926. The van der Waals surface area contributed by atoms with E-state index >= 15 is 0 Å². The van der Waals surface area contributed by atoms with Gasteiger partial charge in [-0.25, -0.2) is 0 Å². The van der Waals surface area contributed by atoms with Crippen LogP contribution in [0.3, 0.4) is 0 Å². The predicted molar refractivity (Wildman–Crippen MR) is 71.3 cm³/mol. The van der Waals surface area contributed by atoms with Gasteiger partial charge in [-0.05, 0) is 30.3 Å². The van der Waals surface area contributed by atoms with E-state index in [0.717, 1.165) is 17.7 Å². The molecule has 6 heteroatoms. The second kappa shape index (κ2) is 5.20. The lowest BCUT2D eigenvalue weighted by Crippen LogP contribution is -2.05. The van der Waals surface area contributed by atoms with Crippen molar-refractivity contribution in [3.8, 4) is 11.5 Å². The summed E-state index contributed by atoms with van der Waals surface area (Å²) in [4.78, 5) is 0. The third-order valence-electron chi connectivity index (χ3n) is 3.17. The van der Waals surface area contributed by atoms with Crippen LogP contribution >= 0.6 is 0 Å². The number of halogens is 3. The van der Waals surface area contributed by atoms with E-state index in [9.17, 15) is 13.2 Å². The highest BCUT2D eigenvalue weighted by Gasteiger charge is 2.29. The van der Waals surface area contributed by atoms with Gasteiger partial charge in [0.1, 0.15) is 0 Å². The molecule has 2 aromatic carbocycles. The van der Waals surface area contributed by atoms with E-state index in [2.05, 4.69) is 5.32 Å². The maximum absolute atomic E-state index is 12.5. The number of ether oxygens (including phenoxy) is 2. The number of hydrogen-bond donors (Lipinski definition) is 1. The summed E-state index contributed by atoms with van der Waals surface area (Å²) in [7, 11) is 0. The third-order valence-corrected chi connectivity index (χ3v) is 3.17. The third kappa shape index (κ3) is 2.89. The molecule has 1 aliphatic rings. The molecule has 0 aromatic heterocycles. The second-order valence-electron chi connectivity index (χ2n) is 4.58. The Labute approximate surface area is 119 Å². The van der Waals surface area contributed by atoms with Crippen LogP contribution in [0.5, 0.6) is 11.5 Å². The fraction of sp³-hybridized carbons (Fsp3) is 0.200. The molecule has 0 saturated heterocycles. The maximum Gasteiger partial charge on any atom is 0.416 e. The van der Waals surface area contributed by atoms with Gasteiger partial charge in [0.05, 0.1) is 5.56 Å². The molecule has 21 heavy (non-hydrogen) atoms. The molecular weight excluding hydrogens is 283 g/mol. The Balaban J connectivity index is 1.70. The van der Waals surface area contributed by atoms with Gasteiger partial charge in [-0.2, -0.15) is 13.2 Å². The molecule has 0 amide bonds. The van der Waals surface area contributed by atoms with Crippen LogP contribution in [0.15, 0.2) is 42.5 Å². The number of nitrogens with one attached hydrogen (secondary N) is 1. The number of rotatable bonds is 3. The zero-order valence-corrected chi connectivity index (χ0v) is 10.9. The summed E-state index contributed by atoms with van der Waals surface area (Å²) >= 11 is 0. The fourth-order valence-electron chi connectivity index (χ4n) is 2.10. The SMILES string of the molecule is FC(F)(F)c1ccc(NCc2cccc3c2OCO3)cc1. The Morgan fingerprint density at radius 3 is 2.48 bits per heavy atom. The van der Waals surface area contributed by atoms with E-state index in [-0.39, 0.29) is 6.79 Å². The highest BCUT2D eigenvalue weighted by molar-refractivity contribution is 5.51. The average Bonchev–Trinajstić information content (AvgIpc) is 2.93. The monoisotopic (exact) mass is 295 g/mol. The Kier molecular flexibility index (Phi) is 3.37. The summed E-state index contributed by atoms with van der Waals surface area (Å²) in [5.74, 6) is 1.36. The first-order valence-electron chi connectivity index (χ1n) is 6.33. The summed E-state index contributed by atoms with van der Waals surface area (Å²) in [6, 6.07) is 10.5. The highest BCUT2D eigenvalue weighted by atomic mass is 19.4. The summed E-state index contributed by atoms with van der Waals surface area (Å²) in [6.45, 7) is 0.629. The van der Waals surface area contributed by atoms with Crippen molar-refractivity contribution in [1.29, 1.82) is 0 Å². The molecule has 0 spiro atoms. The van der Waals surface area contributed by atoms with Gasteiger partial charge in [0.25, 0.3) is 0 Å². The molecule has 1 N–H and O–H groups in total. The molecule has 0 fully saturated rings. The minimum absolute atomic E-state index is 0.187. The first-order chi connectivity index (χ1) is 10.0. The van der Waals surface area contributed by atoms with Crippen LogP contribution in [0.1, 0.15) is 11.1 Å². The molecular formula is C15H12F3NO2. The van der Waals surface area contributed by atoms with Gasteiger partial charge < -0.3 is 14.8 Å². The van der Waals surface area contributed by atoms with E-state index in [0.29, 0.717) is 23.7 Å². The van der Waals surface area contributed by atoms with Gasteiger partial charge >= 0.3 is 6.18 Å². The van der Waals surface area contributed by atoms with Crippen molar-refractivity contribution in [3.05, 3.63) is 53.6 Å². The number of alkyl halides is 3. The van der Waals surface area contributed by atoms with Crippen molar-refractivity contribution in [2.45, 2.75) is 12.7 Å². The van der Waals surface area contributed by atoms with Crippen molar-refractivity contribution in [1.82, 2.24) is 0 Å². The van der Waals surface area contributed by atoms with Gasteiger partial charge in [-0.3, -0.25) is 0 Å². The minimum atomic E-state index is -4.32. The van der Waals surface area contributed by atoms with Gasteiger partial charge in [-0.15, -0.1) is 0 Å². The average molecular weight is 295 g/mol. The smallest absolute Gasteiger partial charge is 0.416 e. The van der Waals surface area contributed by atoms with Crippen LogP contribution in [0.25, 0.3) is 0 Å². The summed E-state index contributed by atoms with van der Waals surface area (Å²) in [5, 5.41) is 3.07. The molecule has 1 heterocycles. The van der Waals surface area contributed by atoms with Crippen molar-refractivity contribution in [2.75, 3.05) is 12.1 Å². The standard InChI is InChI=1S/C15H12F3NO2/c16-15(17,18)11-4-6-12(7-5-11)19-8-10-2-1-3-13-14(10)21-9-20-13/h1-7,19H,8-9H2. The lowest BCUT2D eigenvalue weighted by atomic mass is 10.1. The van der Waals surface area contributed by atoms with Gasteiger partial charge in [-0.1, -0.05) is 12.1 Å². The number of para-hydroxylation sites is 1. The lowest BCUT2D eigenvalue weighted by Gasteiger charge is -2.10. The number of hydrogen-bond acceptors (Lipinski definition) is 3. The summed E-state index contributed by atoms with van der Waals surface area (Å²) in [5.41, 5.74) is 0.842. The molecule has 2 aromatic rings. The Hall–Kier alpha value is -2.37. The topological polar surface area (TPSA) is 30.5 Å². The maximum atomic E-state index is 12.5. The molecule has 3 rings (SSSR count). The van der Waals surface area contributed by atoms with Crippen molar-refractivity contribution in [3.63, 3.8) is 0 Å². The minimum Gasteiger partial charge on any atom is -0.454 e. The molecule has 0 aliphatic carbocycles. The summed E-state index contributed by atoms with van der Waals surface area (Å²) < 4.78 is 48.0. The Morgan fingerprint density at radius 2 is 1.76 bits per heavy atom. The largest absolute Gasteiger partial charge is 0.454 e. The molecule has 0 saturated carbocycles. The van der Waals surface area contributed by atoms with Crippen molar-refractivity contribution >= 4 is 5.69 Å². The van der Waals surface area contributed by atoms with Crippen LogP contribution in [0.4, 0.5) is 18.9 Å². The molecule has 0 unspecified atom stereocenters. The van der Waals surface area contributed by atoms with E-state index in [4.69, 9.17) is 9.47 Å². The van der Waals surface area contributed by atoms with Crippen LogP contribution in [-0.2, 0) is 12.7 Å².